The first-order chi connectivity index (χ1) is 17.6. The van der Waals surface area contributed by atoms with E-state index in [0.717, 1.165) is 17.7 Å². The molecule has 0 atom stereocenters. The standard InChI is InChI=1S/C27H31N3O7/c1-27(2)14-23(31)30(24(32)15-27)20-5-8-22(28-16-20)37-26(35)29-11-9-19(10-12-29)17-36-21-6-3-18(4-7-21)13-25(33)34/h3-8,16,19H,9-15,17H2,1-2H3,(H,33,34). The van der Waals surface area contributed by atoms with Crippen LogP contribution in [0.3, 0.4) is 0 Å². The molecular formula is C27H31N3O7. The van der Waals surface area contributed by atoms with Gasteiger partial charge in [-0.1, -0.05) is 26.0 Å². The van der Waals surface area contributed by atoms with Crippen LogP contribution in [0.5, 0.6) is 11.6 Å². The summed E-state index contributed by atoms with van der Waals surface area (Å²) in [5, 5.41) is 8.85. The summed E-state index contributed by atoms with van der Waals surface area (Å²) >= 11 is 0. The molecule has 1 N–H and O–H groups in total. The summed E-state index contributed by atoms with van der Waals surface area (Å²) in [6, 6.07) is 10.1. The molecular weight excluding hydrogens is 478 g/mol. The first-order valence-electron chi connectivity index (χ1n) is 12.3. The molecule has 37 heavy (non-hydrogen) atoms. The molecule has 2 saturated heterocycles. The lowest BCUT2D eigenvalue weighted by atomic mass is 9.81. The average molecular weight is 510 g/mol. The number of hydrogen-bond donors (Lipinski definition) is 1. The summed E-state index contributed by atoms with van der Waals surface area (Å²) < 4.78 is 11.2. The second-order valence-electron chi connectivity index (χ2n) is 10.3. The highest BCUT2D eigenvalue weighted by atomic mass is 16.6. The molecule has 0 radical (unpaired) electrons. The van der Waals surface area contributed by atoms with Crippen LogP contribution in [0.25, 0.3) is 0 Å². The van der Waals surface area contributed by atoms with Gasteiger partial charge < -0.3 is 19.5 Å². The number of rotatable bonds is 7. The van der Waals surface area contributed by atoms with Crippen molar-refractivity contribution in [1.29, 1.82) is 0 Å². The van der Waals surface area contributed by atoms with E-state index >= 15 is 0 Å². The fourth-order valence-corrected chi connectivity index (χ4v) is 4.56. The summed E-state index contributed by atoms with van der Waals surface area (Å²) in [6.45, 7) is 5.33. The van der Waals surface area contributed by atoms with Gasteiger partial charge in [-0.3, -0.25) is 14.4 Å². The molecule has 1 aromatic carbocycles. The molecule has 10 heteroatoms. The van der Waals surface area contributed by atoms with Gasteiger partial charge in [0.05, 0.1) is 24.9 Å². The summed E-state index contributed by atoms with van der Waals surface area (Å²) in [6.07, 6.45) is 2.91. The van der Waals surface area contributed by atoms with Crippen molar-refractivity contribution in [3.63, 3.8) is 0 Å². The highest BCUT2D eigenvalue weighted by Gasteiger charge is 2.38. The Balaban J connectivity index is 1.22. The van der Waals surface area contributed by atoms with Crippen molar-refractivity contribution in [3.8, 4) is 11.6 Å². The number of anilines is 1. The zero-order chi connectivity index (χ0) is 26.6. The Morgan fingerprint density at radius 1 is 1.03 bits per heavy atom. The number of aromatic nitrogens is 1. The minimum Gasteiger partial charge on any atom is -0.493 e. The van der Waals surface area contributed by atoms with Crippen molar-refractivity contribution in [2.24, 2.45) is 11.3 Å². The van der Waals surface area contributed by atoms with E-state index in [-0.39, 0.29) is 48.3 Å². The van der Waals surface area contributed by atoms with Crippen molar-refractivity contribution in [3.05, 3.63) is 48.2 Å². The first-order valence-corrected chi connectivity index (χ1v) is 12.3. The minimum atomic E-state index is -0.874. The van der Waals surface area contributed by atoms with Crippen LogP contribution in [-0.2, 0) is 20.8 Å². The summed E-state index contributed by atoms with van der Waals surface area (Å²) in [5.74, 6) is -0.347. The molecule has 0 unspecified atom stereocenters. The summed E-state index contributed by atoms with van der Waals surface area (Å²) in [5.41, 5.74) is 0.721. The molecule has 2 aliphatic rings. The summed E-state index contributed by atoms with van der Waals surface area (Å²) in [4.78, 5) is 55.2. The number of carbonyl (C=O) groups is 4. The minimum absolute atomic E-state index is 0.0230. The number of hydrogen-bond acceptors (Lipinski definition) is 7. The van der Waals surface area contributed by atoms with Gasteiger partial charge in [0.15, 0.2) is 0 Å². The lowest BCUT2D eigenvalue weighted by Gasteiger charge is -2.34. The molecule has 0 bridgehead atoms. The van der Waals surface area contributed by atoms with Crippen LogP contribution in [0.4, 0.5) is 10.5 Å². The molecule has 2 fully saturated rings. The zero-order valence-corrected chi connectivity index (χ0v) is 21.0. The number of ether oxygens (including phenoxy) is 2. The topological polar surface area (TPSA) is 126 Å². The highest BCUT2D eigenvalue weighted by molar-refractivity contribution is 6.16. The molecule has 2 aromatic rings. The van der Waals surface area contributed by atoms with Gasteiger partial charge in [-0.2, -0.15) is 0 Å². The van der Waals surface area contributed by atoms with Crippen LogP contribution in [0.2, 0.25) is 0 Å². The van der Waals surface area contributed by atoms with Gasteiger partial charge in [0, 0.05) is 32.0 Å². The number of benzene rings is 1. The maximum atomic E-state index is 12.6. The van der Waals surface area contributed by atoms with Crippen molar-refractivity contribution < 1.29 is 33.8 Å². The van der Waals surface area contributed by atoms with Crippen LogP contribution in [0, 0.1) is 11.3 Å². The van der Waals surface area contributed by atoms with E-state index in [1.807, 2.05) is 13.8 Å². The third kappa shape index (κ3) is 6.84. The summed E-state index contributed by atoms with van der Waals surface area (Å²) in [7, 11) is 0. The molecule has 3 heterocycles. The van der Waals surface area contributed by atoms with Crippen molar-refractivity contribution >= 4 is 29.6 Å². The number of likely N-dealkylation sites (tertiary alicyclic amines) is 1. The Labute approximate surface area is 215 Å². The number of piperidine rings is 2. The van der Waals surface area contributed by atoms with E-state index < -0.39 is 12.1 Å². The van der Waals surface area contributed by atoms with E-state index in [1.165, 1.54) is 12.3 Å². The maximum Gasteiger partial charge on any atom is 0.416 e. The van der Waals surface area contributed by atoms with E-state index in [4.69, 9.17) is 14.6 Å². The predicted octanol–water partition coefficient (Wildman–Crippen LogP) is 3.68. The molecule has 1 aromatic heterocycles. The number of pyridine rings is 1. The van der Waals surface area contributed by atoms with Gasteiger partial charge in [0.1, 0.15) is 5.75 Å². The highest BCUT2D eigenvalue weighted by Crippen LogP contribution is 2.34. The monoisotopic (exact) mass is 509 g/mol. The van der Waals surface area contributed by atoms with Gasteiger partial charge in [-0.05, 0) is 47.9 Å². The van der Waals surface area contributed by atoms with Crippen LogP contribution in [0.15, 0.2) is 42.6 Å². The SMILES string of the molecule is CC1(C)CC(=O)N(c2ccc(OC(=O)N3CCC(COc4ccc(CC(=O)O)cc4)CC3)nc2)C(=O)C1. The fraction of sp³-hybridized carbons (Fsp3) is 0.444. The van der Waals surface area contributed by atoms with E-state index in [1.54, 1.807) is 35.2 Å². The van der Waals surface area contributed by atoms with Gasteiger partial charge in [0.2, 0.25) is 17.7 Å². The molecule has 4 rings (SSSR count). The van der Waals surface area contributed by atoms with Crippen molar-refractivity contribution in [2.75, 3.05) is 24.6 Å². The predicted molar refractivity (Wildman–Crippen MR) is 133 cm³/mol. The van der Waals surface area contributed by atoms with E-state index in [9.17, 15) is 19.2 Å². The largest absolute Gasteiger partial charge is 0.493 e. The van der Waals surface area contributed by atoms with Crippen molar-refractivity contribution in [1.82, 2.24) is 9.88 Å². The number of nitrogens with zero attached hydrogens (tertiary/aromatic N) is 3. The third-order valence-corrected chi connectivity index (χ3v) is 6.57. The van der Waals surface area contributed by atoms with Crippen LogP contribution >= 0.6 is 0 Å². The van der Waals surface area contributed by atoms with Gasteiger partial charge in [-0.15, -0.1) is 0 Å². The number of carbonyl (C=O) groups excluding carboxylic acids is 3. The van der Waals surface area contributed by atoms with Gasteiger partial charge >= 0.3 is 12.1 Å². The third-order valence-electron chi connectivity index (χ3n) is 6.57. The van der Waals surface area contributed by atoms with E-state index in [2.05, 4.69) is 4.98 Å². The Kier molecular flexibility index (Phi) is 7.75. The maximum absolute atomic E-state index is 12.6. The average Bonchev–Trinajstić information content (AvgIpc) is 2.83. The fourth-order valence-electron chi connectivity index (χ4n) is 4.56. The molecule has 196 valence electrons. The second kappa shape index (κ2) is 11.0. The molecule has 2 aliphatic heterocycles. The molecule has 3 amide bonds. The Morgan fingerprint density at radius 3 is 2.24 bits per heavy atom. The number of amides is 3. The van der Waals surface area contributed by atoms with Gasteiger partial charge in [-0.25, -0.2) is 14.7 Å². The number of imide groups is 1. The quantitative estimate of drug-likeness (QED) is 0.560. The second-order valence-corrected chi connectivity index (χ2v) is 10.3. The first kappa shape index (κ1) is 26.1. The lowest BCUT2D eigenvalue weighted by Crippen LogP contribution is -2.46. The number of carboxylic acids is 1. The lowest BCUT2D eigenvalue weighted by molar-refractivity contribution is -0.136. The number of carboxylic acid groups (broad SMARTS) is 1. The van der Waals surface area contributed by atoms with Crippen LogP contribution in [0.1, 0.15) is 45.1 Å². The normalized spacial score (nSPS) is 18.0. The smallest absolute Gasteiger partial charge is 0.416 e. The number of aliphatic carboxylic acids is 1. The Morgan fingerprint density at radius 2 is 1.68 bits per heavy atom. The van der Waals surface area contributed by atoms with Crippen LogP contribution < -0.4 is 14.4 Å². The zero-order valence-electron chi connectivity index (χ0n) is 21.0. The molecule has 0 spiro atoms. The van der Waals surface area contributed by atoms with Crippen molar-refractivity contribution in [2.45, 2.75) is 46.0 Å². The molecule has 0 aliphatic carbocycles. The Hall–Kier alpha value is -3.95. The van der Waals surface area contributed by atoms with Crippen LogP contribution in [-0.4, -0.2) is 58.6 Å². The van der Waals surface area contributed by atoms with Gasteiger partial charge in [0.25, 0.3) is 0 Å². The Bertz CT molecular complexity index is 1130. The van der Waals surface area contributed by atoms with E-state index in [0.29, 0.717) is 36.7 Å². The molecule has 10 nitrogen and oxygen atoms in total. The molecule has 0 saturated carbocycles.